The molecule has 0 bridgehead atoms. The van der Waals surface area contributed by atoms with Gasteiger partial charge in [-0.15, -0.1) is 11.3 Å². The van der Waals surface area contributed by atoms with Crippen LogP contribution in [-0.4, -0.2) is 14.8 Å². The monoisotopic (exact) mass is 388 g/mol. The molecule has 0 unspecified atom stereocenters. The fourth-order valence-electron chi connectivity index (χ4n) is 2.59. The summed E-state index contributed by atoms with van der Waals surface area (Å²) >= 11 is 7.38. The van der Waals surface area contributed by atoms with Crippen molar-refractivity contribution in [3.63, 3.8) is 0 Å². The fraction of sp³-hybridized carbons (Fsp3) is 0. The molecule has 0 N–H and O–H groups in total. The molecule has 0 fully saturated rings. The minimum absolute atomic E-state index is 0.507. The van der Waals surface area contributed by atoms with Crippen molar-refractivity contribution in [1.82, 2.24) is 14.8 Å². The van der Waals surface area contributed by atoms with Crippen LogP contribution in [0.2, 0.25) is 5.02 Å². The van der Waals surface area contributed by atoms with Crippen molar-refractivity contribution >= 4 is 34.6 Å². The van der Waals surface area contributed by atoms with Gasteiger partial charge in [-0.1, -0.05) is 41.9 Å². The van der Waals surface area contributed by atoms with Gasteiger partial charge in [-0.2, -0.15) is 10.4 Å². The highest BCUT2D eigenvalue weighted by Gasteiger charge is 2.10. The molecule has 0 spiro atoms. The Morgan fingerprint density at radius 1 is 1.11 bits per heavy atom. The Balaban J connectivity index is 1.62. The molecule has 0 aliphatic rings. The van der Waals surface area contributed by atoms with Crippen molar-refractivity contribution in [2.45, 2.75) is 0 Å². The molecule has 27 heavy (non-hydrogen) atoms. The number of rotatable bonds is 4. The van der Waals surface area contributed by atoms with Crippen LogP contribution >= 0.6 is 22.9 Å². The lowest BCUT2D eigenvalue weighted by Crippen LogP contribution is -1.92. The zero-order valence-electron chi connectivity index (χ0n) is 14.1. The van der Waals surface area contributed by atoms with Crippen LogP contribution in [0.25, 0.3) is 28.6 Å². The van der Waals surface area contributed by atoms with Crippen molar-refractivity contribution in [2.75, 3.05) is 0 Å². The Bertz CT molecular complexity index is 1130. The van der Waals surface area contributed by atoms with E-state index in [9.17, 15) is 5.26 Å². The maximum atomic E-state index is 9.58. The molecule has 2 aromatic heterocycles. The summed E-state index contributed by atoms with van der Waals surface area (Å²) < 4.78 is 1.78. The number of nitriles is 1. The summed E-state index contributed by atoms with van der Waals surface area (Å²) in [5.74, 6) is 0. The second-order valence-corrected chi connectivity index (χ2v) is 7.06. The molecule has 0 aliphatic heterocycles. The van der Waals surface area contributed by atoms with E-state index in [1.165, 1.54) is 11.3 Å². The van der Waals surface area contributed by atoms with E-state index in [1.807, 2.05) is 66.2 Å². The standard InChI is InChI=1S/C21H13ClN4S/c22-18-8-6-16(7-9-18)20-14-27-21(25-20)17(11-23)10-15-12-24-26(13-15)19-4-2-1-3-5-19/h1-10,12-14H/b17-10+. The Morgan fingerprint density at radius 3 is 2.63 bits per heavy atom. The molecule has 2 aromatic carbocycles. The molecule has 0 saturated carbocycles. The van der Waals surface area contributed by atoms with Gasteiger partial charge in [0.15, 0.2) is 0 Å². The number of benzene rings is 2. The summed E-state index contributed by atoms with van der Waals surface area (Å²) in [7, 11) is 0. The van der Waals surface area contributed by atoms with Gasteiger partial charge in [0, 0.05) is 27.7 Å². The van der Waals surface area contributed by atoms with E-state index in [1.54, 1.807) is 17.0 Å². The maximum Gasteiger partial charge on any atom is 0.134 e. The molecule has 2 heterocycles. The highest BCUT2D eigenvalue weighted by Crippen LogP contribution is 2.28. The molecule has 4 rings (SSSR count). The summed E-state index contributed by atoms with van der Waals surface area (Å²) in [6.45, 7) is 0. The van der Waals surface area contributed by atoms with Gasteiger partial charge >= 0.3 is 0 Å². The highest BCUT2D eigenvalue weighted by molar-refractivity contribution is 7.11. The number of hydrogen-bond acceptors (Lipinski definition) is 4. The summed E-state index contributed by atoms with van der Waals surface area (Å²) in [5, 5.41) is 17.2. The number of aromatic nitrogens is 3. The Hall–Kier alpha value is -3.20. The van der Waals surface area contributed by atoms with Gasteiger partial charge in [-0.25, -0.2) is 9.67 Å². The number of halogens is 1. The van der Waals surface area contributed by atoms with Crippen LogP contribution in [-0.2, 0) is 0 Å². The molecule has 0 radical (unpaired) electrons. The molecule has 4 nitrogen and oxygen atoms in total. The van der Waals surface area contributed by atoms with Crippen LogP contribution in [0.1, 0.15) is 10.6 Å². The van der Waals surface area contributed by atoms with Crippen LogP contribution in [0.5, 0.6) is 0 Å². The molecule has 6 heteroatoms. The summed E-state index contributed by atoms with van der Waals surface area (Å²) in [6, 6.07) is 19.6. The predicted octanol–water partition coefficient (Wildman–Crippen LogP) is 5.71. The van der Waals surface area contributed by atoms with E-state index < -0.39 is 0 Å². The second kappa shape index (κ2) is 7.58. The van der Waals surface area contributed by atoms with E-state index in [0.29, 0.717) is 15.6 Å². The molecule has 0 amide bonds. The Morgan fingerprint density at radius 2 is 1.89 bits per heavy atom. The van der Waals surface area contributed by atoms with E-state index in [0.717, 1.165) is 22.5 Å². The number of para-hydroxylation sites is 1. The van der Waals surface area contributed by atoms with Crippen LogP contribution < -0.4 is 0 Å². The van der Waals surface area contributed by atoms with Crippen LogP contribution in [0.3, 0.4) is 0 Å². The lowest BCUT2D eigenvalue weighted by Gasteiger charge is -1.98. The third-order valence-electron chi connectivity index (χ3n) is 3.93. The van der Waals surface area contributed by atoms with Crippen LogP contribution in [0.15, 0.2) is 72.4 Å². The second-order valence-electron chi connectivity index (χ2n) is 5.77. The molecule has 4 aromatic rings. The first-order valence-corrected chi connectivity index (χ1v) is 9.42. The first-order chi connectivity index (χ1) is 13.2. The smallest absolute Gasteiger partial charge is 0.134 e. The third kappa shape index (κ3) is 3.82. The maximum absolute atomic E-state index is 9.58. The zero-order valence-corrected chi connectivity index (χ0v) is 15.7. The van der Waals surface area contributed by atoms with Gasteiger partial charge < -0.3 is 0 Å². The first kappa shape index (κ1) is 17.2. The van der Waals surface area contributed by atoms with Gasteiger partial charge in [0.1, 0.15) is 11.1 Å². The molecular formula is C21H13ClN4S. The van der Waals surface area contributed by atoms with E-state index >= 15 is 0 Å². The molecule has 0 aliphatic carbocycles. The van der Waals surface area contributed by atoms with Gasteiger partial charge in [0.05, 0.1) is 23.2 Å². The lowest BCUT2D eigenvalue weighted by molar-refractivity contribution is 0.880. The van der Waals surface area contributed by atoms with E-state index in [4.69, 9.17) is 11.6 Å². The van der Waals surface area contributed by atoms with Crippen molar-refractivity contribution in [2.24, 2.45) is 0 Å². The molecule has 0 atom stereocenters. The number of hydrogen-bond donors (Lipinski definition) is 0. The molecular weight excluding hydrogens is 376 g/mol. The highest BCUT2D eigenvalue weighted by atomic mass is 35.5. The van der Waals surface area contributed by atoms with Crippen LogP contribution in [0.4, 0.5) is 0 Å². The van der Waals surface area contributed by atoms with Crippen molar-refractivity contribution < 1.29 is 0 Å². The minimum atomic E-state index is 0.507. The van der Waals surface area contributed by atoms with Crippen molar-refractivity contribution in [3.8, 4) is 23.0 Å². The first-order valence-electron chi connectivity index (χ1n) is 8.17. The Labute approximate surface area is 165 Å². The summed E-state index contributed by atoms with van der Waals surface area (Å²) in [4.78, 5) is 4.60. The van der Waals surface area contributed by atoms with Gasteiger partial charge in [0.25, 0.3) is 0 Å². The van der Waals surface area contributed by atoms with E-state index in [2.05, 4.69) is 16.2 Å². The quantitative estimate of drug-likeness (QED) is 0.420. The summed E-state index contributed by atoms with van der Waals surface area (Å²) in [6.07, 6.45) is 5.43. The van der Waals surface area contributed by atoms with E-state index in [-0.39, 0.29) is 0 Å². The van der Waals surface area contributed by atoms with Crippen molar-refractivity contribution in [1.29, 1.82) is 5.26 Å². The number of allylic oxidation sites excluding steroid dienone is 1. The minimum Gasteiger partial charge on any atom is -0.240 e. The lowest BCUT2D eigenvalue weighted by atomic mass is 10.2. The molecule has 0 saturated heterocycles. The molecule has 130 valence electrons. The fourth-order valence-corrected chi connectivity index (χ4v) is 3.51. The van der Waals surface area contributed by atoms with Crippen LogP contribution in [0, 0.1) is 11.3 Å². The summed E-state index contributed by atoms with van der Waals surface area (Å²) in [5.41, 5.74) is 4.12. The normalized spacial score (nSPS) is 11.3. The number of thiazole rings is 1. The SMILES string of the molecule is N#C/C(=C\c1cnn(-c2ccccc2)c1)c1nc(-c2ccc(Cl)cc2)cs1. The zero-order chi connectivity index (χ0) is 18.6. The van der Waals surface area contributed by atoms with Gasteiger partial charge in [-0.3, -0.25) is 0 Å². The average molecular weight is 389 g/mol. The third-order valence-corrected chi connectivity index (χ3v) is 5.06. The van der Waals surface area contributed by atoms with Gasteiger partial charge in [-0.05, 0) is 30.3 Å². The van der Waals surface area contributed by atoms with Gasteiger partial charge in [0.2, 0.25) is 0 Å². The topological polar surface area (TPSA) is 54.5 Å². The number of nitrogens with zero attached hydrogens (tertiary/aromatic N) is 4. The average Bonchev–Trinajstić information content (AvgIpc) is 3.37. The largest absolute Gasteiger partial charge is 0.240 e. The Kier molecular flexibility index (Phi) is 4.84. The predicted molar refractivity (Wildman–Crippen MR) is 110 cm³/mol. The van der Waals surface area contributed by atoms with Crippen molar-refractivity contribution in [3.05, 3.63) is 88.0 Å².